The third-order valence-corrected chi connectivity index (χ3v) is 7.76. The first-order valence-electron chi connectivity index (χ1n) is 11.0. The molecule has 0 saturated carbocycles. The van der Waals surface area contributed by atoms with E-state index < -0.39 is 17.6 Å². The maximum atomic E-state index is 14.1. The summed E-state index contributed by atoms with van der Waals surface area (Å²) in [5.41, 5.74) is 2.31. The van der Waals surface area contributed by atoms with Crippen LogP contribution in [-0.4, -0.2) is 36.0 Å². The van der Waals surface area contributed by atoms with Crippen LogP contribution in [0.3, 0.4) is 0 Å². The molecular formula is C23H22Cl2FN5O2S. The number of H-pyrrole nitrogens is 1. The number of thioether (sulfide) groups is 1. The summed E-state index contributed by atoms with van der Waals surface area (Å²) >= 11 is 14.5. The number of aromatic nitrogens is 5. The third-order valence-electron chi connectivity index (χ3n) is 6.00. The lowest BCUT2D eigenvalue weighted by Gasteiger charge is -2.21. The van der Waals surface area contributed by atoms with Crippen molar-refractivity contribution in [1.29, 1.82) is 0 Å². The molecule has 7 nitrogen and oxygen atoms in total. The number of benzene rings is 1. The largest absolute Gasteiger partial charge is 0.401 e. The van der Waals surface area contributed by atoms with Gasteiger partial charge in [0.25, 0.3) is 0 Å². The molecule has 1 aliphatic rings. The molecule has 34 heavy (non-hydrogen) atoms. The highest BCUT2D eigenvalue weighted by molar-refractivity contribution is 7.99. The first-order chi connectivity index (χ1) is 16.5. The summed E-state index contributed by atoms with van der Waals surface area (Å²) in [5.74, 6) is 1.67. The minimum Gasteiger partial charge on any atom is -0.401 e. The molecule has 0 spiro atoms. The van der Waals surface area contributed by atoms with E-state index in [-0.39, 0.29) is 10.0 Å². The van der Waals surface area contributed by atoms with Crippen molar-refractivity contribution in [3.63, 3.8) is 0 Å². The van der Waals surface area contributed by atoms with Gasteiger partial charge in [-0.15, -0.1) is 4.73 Å². The van der Waals surface area contributed by atoms with Crippen molar-refractivity contribution in [2.75, 3.05) is 11.5 Å². The topological polar surface area (TPSA) is 77.7 Å². The quantitative estimate of drug-likeness (QED) is 0.330. The number of aromatic amines is 1. The lowest BCUT2D eigenvalue weighted by molar-refractivity contribution is 0.0350. The summed E-state index contributed by atoms with van der Waals surface area (Å²) in [5, 5.41) is 4.70. The molecule has 11 heteroatoms. The molecule has 3 aromatic heterocycles. The molecule has 4 aromatic rings. The molecular weight excluding hydrogens is 500 g/mol. The minimum absolute atomic E-state index is 0.125. The molecule has 1 fully saturated rings. The zero-order chi connectivity index (χ0) is 23.8. The molecule has 0 amide bonds. The SMILES string of the molecule is CCC(On1c(=O)[nH]c2ncc(-c3cnn(C4CCSCC4)c3)cc21)c1c(Cl)ccc(F)c1Cl. The van der Waals surface area contributed by atoms with Crippen molar-refractivity contribution < 1.29 is 9.23 Å². The molecule has 5 rings (SSSR count). The maximum Gasteiger partial charge on any atom is 0.360 e. The highest BCUT2D eigenvalue weighted by Crippen LogP contribution is 2.35. The zero-order valence-electron chi connectivity index (χ0n) is 18.3. The molecule has 0 aliphatic carbocycles. The van der Waals surface area contributed by atoms with Gasteiger partial charge in [0, 0.05) is 34.1 Å². The molecule has 4 heterocycles. The van der Waals surface area contributed by atoms with Crippen molar-refractivity contribution in [3.8, 4) is 11.1 Å². The highest BCUT2D eigenvalue weighted by Gasteiger charge is 2.24. The minimum atomic E-state index is -0.747. The number of fused-ring (bicyclic) bond motifs is 1. The van der Waals surface area contributed by atoms with Crippen LogP contribution in [0.2, 0.25) is 10.0 Å². The fourth-order valence-corrected chi connectivity index (χ4v) is 5.86. The van der Waals surface area contributed by atoms with Crippen molar-refractivity contribution in [2.24, 2.45) is 0 Å². The molecule has 1 aliphatic heterocycles. The molecule has 0 radical (unpaired) electrons. The van der Waals surface area contributed by atoms with Gasteiger partial charge in [-0.3, -0.25) is 9.67 Å². The van der Waals surface area contributed by atoms with Gasteiger partial charge in [0.15, 0.2) is 11.8 Å². The number of pyridine rings is 1. The molecule has 1 aromatic carbocycles. The number of halogens is 3. The predicted octanol–water partition coefficient (Wildman–Crippen LogP) is 5.68. The van der Waals surface area contributed by atoms with Crippen LogP contribution < -0.4 is 10.5 Å². The molecule has 1 N–H and O–H groups in total. The number of rotatable bonds is 6. The summed E-state index contributed by atoms with van der Waals surface area (Å²) in [6.07, 6.45) is 7.36. The summed E-state index contributed by atoms with van der Waals surface area (Å²) in [6, 6.07) is 4.83. The second kappa shape index (κ2) is 9.64. The maximum absolute atomic E-state index is 14.1. The third kappa shape index (κ3) is 4.32. The Labute approximate surface area is 209 Å². The van der Waals surface area contributed by atoms with Gasteiger partial charge >= 0.3 is 5.69 Å². The van der Waals surface area contributed by atoms with Crippen LogP contribution in [0.4, 0.5) is 4.39 Å². The highest BCUT2D eigenvalue weighted by atomic mass is 35.5. The van der Waals surface area contributed by atoms with E-state index in [9.17, 15) is 9.18 Å². The van der Waals surface area contributed by atoms with Crippen molar-refractivity contribution in [2.45, 2.75) is 38.3 Å². The Kier molecular flexibility index (Phi) is 6.59. The molecule has 1 atom stereocenters. The van der Waals surface area contributed by atoms with Gasteiger partial charge in [-0.1, -0.05) is 30.1 Å². The number of hydrogen-bond donors (Lipinski definition) is 1. The van der Waals surface area contributed by atoms with Crippen molar-refractivity contribution >= 4 is 46.1 Å². The summed E-state index contributed by atoms with van der Waals surface area (Å²) in [6.45, 7) is 1.84. The molecule has 178 valence electrons. The first kappa shape index (κ1) is 23.3. The Bertz CT molecular complexity index is 1400. The summed E-state index contributed by atoms with van der Waals surface area (Å²) in [4.78, 5) is 25.8. The van der Waals surface area contributed by atoms with Crippen LogP contribution in [0.15, 0.2) is 41.6 Å². The average molecular weight is 522 g/mol. The number of imidazole rings is 1. The monoisotopic (exact) mass is 521 g/mol. The van der Waals surface area contributed by atoms with E-state index in [0.717, 1.165) is 40.2 Å². The van der Waals surface area contributed by atoms with Gasteiger partial charge in [0.05, 0.1) is 17.3 Å². The number of nitrogens with zero attached hydrogens (tertiary/aromatic N) is 4. The molecule has 1 saturated heterocycles. The average Bonchev–Trinajstić information content (AvgIpc) is 3.46. The van der Waals surface area contributed by atoms with Gasteiger partial charge < -0.3 is 4.84 Å². The van der Waals surface area contributed by atoms with Gasteiger partial charge in [-0.25, -0.2) is 14.2 Å². The Hall–Kier alpha value is -2.49. The van der Waals surface area contributed by atoms with E-state index in [0.29, 0.717) is 29.2 Å². The van der Waals surface area contributed by atoms with Gasteiger partial charge in [-0.2, -0.15) is 16.9 Å². The van der Waals surface area contributed by atoms with E-state index in [1.165, 1.54) is 12.1 Å². The van der Waals surface area contributed by atoms with Crippen LogP contribution in [0.1, 0.15) is 43.9 Å². The van der Waals surface area contributed by atoms with E-state index in [2.05, 4.69) is 15.1 Å². The Morgan fingerprint density at radius 1 is 1.26 bits per heavy atom. The fourth-order valence-electron chi connectivity index (χ4n) is 4.16. The van der Waals surface area contributed by atoms with Gasteiger partial charge in [0.1, 0.15) is 11.3 Å². The Balaban J connectivity index is 1.50. The number of nitrogens with one attached hydrogen (secondary N) is 1. The number of hydrogen-bond acceptors (Lipinski definition) is 5. The van der Waals surface area contributed by atoms with Crippen LogP contribution in [0.25, 0.3) is 22.3 Å². The standard InChI is InChI=1S/C23H22Cl2FN5O2S/c1-2-19(20-16(24)3-4-17(26)21(20)25)33-31-18-9-13(10-27-22(18)29-23(31)32)14-11-28-30(12-14)15-5-7-34-8-6-15/h3-4,9-12,15,19H,2,5-8H2,1H3,(H,27,29,32). The summed E-state index contributed by atoms with van der Waals surface area (Å²) in [7, 11) is 0. The summed E-state index contributed by atoms with van der Waals surface area (Å²) < 4.78 is 17.2. The van der Waals surface area contributed by atoms with Crippen LogP contribution >= 0.6 is 35.0 Å². The van der Waals surface area contributed by atoms with Crippen LogP contribution in [-0.2, 0) is 0 Å². The van der Waals surface area contributed by atoms with Gasteiger partial charge in [-0.05, 0) is 49.0 Å². The zero-order valence-corrected chi connectivity index (χ0v) is 20.6. The van der Waals surface area contributed by atoms with Crippen LogP contribution in [0.5, 0.6) is 0 Å². The second-order valence-electron chi connectivity index (χ2n) is 8.13. The van der Waals surface area contributed by atoms with Crippen LogP contribution in [0, 0.1) is 5.82 Å². The second-order valence-corrected chi connectivity index (χ2v) is 10.1. The van der Waals surface area contributed by atoms with E-state index in [1.807, 2.05) is 41.8 Å². The predicted molar refractivity (Wildman–Crippen MR) is 133 cm³/mol. The van der Waals surface area contributed by atoms with Crippen molar-refractivity contribution in [3.05, 3.63) is 68.7 Å². The Morgan fingerprint density at radius 3 is 2.82 bits per heavy atom. The fraction of sp³-hybridized carbons (Fsp3) is 0.348. The van der Waals surface area contributed by atoms with Crippen molar-refractivity contribution in [1.82, 2.24) is 24.5 Å². The normalized spacial score (nSPS) is 15.6. The molecule has 1 unspecified atom stereocenters. The van der Waals surface area contributed by atoms with E-state index in [1.54, 1.807) is 6.20 Å². The lowest BCUT2D eigenvalue weighted by atomic mass is 10.1. The van der Waals surface area contributed by atoms with E-state index in [4.69, 9.17) is 28.0 Å². The smallest absolute Gasteiger partial charge is 0.360 e. The lowest BCUT2D eigenvalue weighted by Crippen LogP contribution is -2.27. The molecule has 0 bridgehead atoms. The van der Waals surface area contributed by atoms with E-state index >= 15 is 0 Å². The Morgan fingerprint density at radius 2 is 2.06 bits per heavy atom. The first-order valence-corrected chi connectivity index (χ1v) is 12.9. The van der Waals surface area contributed by atoms with Gasteiger partial charge in [0.2, 0.25) is 0 Å².